The van der Waals surface area contributed by atoms with E-state index in [1.807, 2.05) is 0 Å². The molecule has 0 unspecified atom stereocenters. The number of benzene rings is 1. The molecule has 2 bridgehead atoms. The van der Waals surface area contributed by atoms with E-state index in [1.165, 1.54) is 23.1 Å². The summed E-state index contributed by atoms with van der Waals surface area (Å²) < 4.78 is 13.2. The van der Waals surface area contributed by atoms with Crippen molar-refractivity contribution in [2.75, 3.05) is 4.90 Å². The molecule has 1 aromatic rings. The third-order valence-corrected chi connectivity index (χ3v) is 5.38. The maximum absolute atomic E-state index is 13.2. The van der Waals surface area contributed by atoms with Crippen molar-refractivity contribution in [3.8, 4) is 0 Å². The molecule has 2 aliphatic carbocycles. The number of carbonyl (C=O) groups is 2. The fraction of sp³-hybridized carbons (Fsp3) is 0.467. The van der Waals surface area contributed by atoms with Crippen LogP contribution in [0.3, 0.4) is 0 Å². The minimum atomic E-state index is -0.547. The van der Waals surface area contributed by atoms with Crippen LogP contribution in [0.25, 0.3) is 0 Å². The van der Waals surface area contributed by atoms with E-state index in [9.17, 15) is 14.0 Å². The fourth-order valence-electron chi connectivity index (χ4n) is 4.29. The summed E-state index contributed by atoms with van der Waals surface area (Å²) >= 11 is 5.75. The van der Waals surface area contributed by atoms with Crippen molar-refractivity contribution in [3.63, 3.8) is 0 Å². The lowest BCUT2D eigenvalue weighted by Gasteiger charge is -2.19. The number of hydrogen-bond donors (Lipinski definition) is 0. The first-order chi connectivity index (χ1) is 9.58. The second-order valence-electron chi connectivity index (χ2n) is 6.00. The molecule has 0 aromatic heterocycles. The summed E-state index contributed by atoms with van der Waals surface area (Å²) in [5.74, 6) is -0.431. The van der Waals surface area contributed by atoms with Crippen molar-refractivity contribution in [1.82, 2.24) is 0 Å². The average molecular weight is 294 g/mol. The van der Waals surface area contributed by atoms with E-state index in [4.69, 9.17) is 11.6 Å². The quantitative estimate of drug-likeness (QED) is 0.747. The van der Waals surface area contributed by atoms with Crippen molar-refractivity contribution >= 4 is 29.1 Å². The molecule has 1 heterocycles. The molecular formula is C15H13ClFNO2. The summed E-state index contributed by atoms with van der Waals surface area (Å²) in [5, 5.41) is -0.0665. The molecule has 104 valence electrons. The molecule has 2 saturated carbocycles. The van der Waals surface area contributed by atoms with Crippen molar-refractivity contribution < 1.29 is 14.0 Å². The van der Waals surface area contributed by atoms with Crippen molar-refractivity contribution in [3.05, 3.63) is 29.0 Å². The van der Waals surface area contributed by atoms with Gasteiger partial charge in [0.15, 0.2) is 0 Å². The summed E-state index contributed by atoms with van der Waals surface area (Å²) in [6, 6.07) is 4.00. The van der Waals surface area contributed by atoms with Gasteiger partial charge >= 0.3 is 0 Å². The molecule has 3 aliphatic rings. The second kappa shape index (κ2) is 4.04. The molecule has 2 amide bonds. The third-order valence-electron chi connectivity index (χ3n) is 5.09. The van der Waals surface area contributed by atoms with E-state index in [-0.39, 0.29) is 28.7 Å². The van der Waals surface area contributed by atoms with E-state index in [0.29, 0.717) is 17.5 Å². The highest BCUT2D eigenvalue weighted by molar-refractivity contribution is 6.31. The molecule has 1 aliphatic heterocycles. The molecule has 1 saturated heterocycles. The Morgan fingerprint density at radius 2 is 1.70 bits per heavy atom. The topological polar surface area (TPSA) is 37.4 Å². The molecule has 3 fully saturated rings. The number of hydrogen-bond acceptors (Lipinski definition) is 2. The Morgan fingerprint density at radius 3 is 2.25 bits per heavy atom. The average Bonchev–Trinajstić information content (AvgIpc) is 3.08. The second-order valence-corrected chi connectivity index (χ2v) is 6.40. The van der Waals surface area contributed by atoms with Gasteiger partial charge in [-0.3, -0.25) is 9.59 Å². The molecule has 0 N–H and O–H groups in total. The Hall–Kier alpha value is -1.42. The standard InChI is InChI=1S/C15H13ClFNO2/c16-10-6-9(3-4-11(10)17)18-14(19)12-7-1-2-8(5-7)13(12)15(18)20/h3-4,6-8,12-13H,1-2,5H2/t7-,8-,12-,13-/m0/s1. The molecule has 1 aromatic carbocycles. The number of carbonyl (C=O) groups excluding carboxylic acids is 2. The van der Waals surface area contributed by atoms with Gasteiger partial charge in [-0.05, 0) is 49.3 Å². The van der Waals surface area contributed by atoms with Crippen molar-refractivity contribution in [2.45, 2.75) is 19.3 Å². The molecule has 0 spiro atoms. The van der Waals surface area contributed by atoms with Gasteiger partial charge in [0.1, 0.15) is 5.82 Å². The minimum absolute atomic E-state index is 0.0665. The van der Waals surface area contributed by atoms with Crippen LogP contribution in [0, 0.1) is 29.5 Å². The van der Waals surface area contributed by atoms with Crippen LogP contribution >= 0.6 is 11.6 Å². The number of amides is 2. The third kappa shape index (κ3) is 1.46. The molecule has 5 heteroatoms. The molecule has 20 heavy (non-hydrogen) atoms. The Morgan fingerprint density at radius 1 is 1.10 bits per heavy atom. The zero-order valence-electron chi connectivity index (χ0n) is 10.7. The van der Waals surface area contributed by atoms with Crippen LogP contribution in [0.2, 0.25) is 5.02 Å². The van der Waals surface area contributed by atoms with Gasteiger partial charge in [0.05, 0.1) is 22.5 Å². The van der Waals surface area contributed by atoms with Gasteiger partial charge < -0.3 is 0 Å². The molecule has 4 atom stereocenters. The summed E-state index contributed by atoms with van der Waals surface area (Å²) in [6.07, 6.45) is 3.09. The van der Waals surface area contributed by atoms with Crippen LogP contribution < -0.4 is 4.90 Å². The minimum Gasteiger partial charge on any atom is -0.274 e. The summed E-state index contributed by atoms with van der Waals surface area (Å²) in [7, 11) is 0. The number of rotatable bonds is 1. The van der Waals surface area contributed by atoms with Crippen LogP contribution in [-0.2, 0) is 9.59 Å². The zero-order valence-corrected chi connectivity index (χ0v) is 11.4. The van der Waals surface area contributed by atoms with Gasteiger partial charge in [-0.25, -0.2) is 9.29 Å². The van der Waals surface area contributed by atoms with Crippen LogP contribution in [0.15, 0.2) is 18.2 Å². The monoisotopic (exact) mass is 293 g/mol. The van der Waals surface area contributed by atoms with Gasteiger partial charge in [0, 0.05) is 0 Å². The maximum atomic E-state index is 13.2. The lowest BCUT2D eigenvalue weighted by atomic mass is 9.81. The molecular weight excluding hydrogens is 281 g/mol. The highest BCUT2D eigenvalue weighted by Gasteiger charge is 2.61. The first-order valence-electron chi connectivity index (χ1n) is 6.91. The van der Waals surface area contributed by atoms with Crippen molar-refractivity contribution in [1.29, 1.82) is 0 Å². The first-order valence-corrected chi connectivity index (χ1v) is 7.28. The van der Waals surface area contributed by atoms with E-state index in [2.05, 4.69) is 0 Å². The number of imide groups is 1. The van der Waals surface area contributed by atoms with Gasteiger partial charge in [-0.1, -0.05) is 11.6 Å². The van der Waals surface area contributed by atoms with Crippen LogP contribution in [0.1, 0.15) is 19.3 Å². The highest BCUT2D eigenvalue weighted by atomic mass is 35.5. The van der Waals surface area contributed by atoms with Crippen LogP contribution in [0.5, 0.6) is 0 Å². The zero-order chi connectivity index (χ0) is 14.0. The molecule has 3 nitrogen and oxygen atoms in total. The lowest BCUT2D eigenvalue weighted by molar-refractivity contribution is -0.123. The SMILES string of the molecule is O=C1[C@H]2[C@H]3CC[C@@H](C3)[C@@H]2C(=O)N1c1ccc(F)c(Cl)c1. The van der Waals surface area contributed by atoms with E-state index >= 15 is 0 Å². The number of anilines is 1. The van der Waals surface area contributed by atoms with Gasteiger partial charge in [0.2, 0.25) is 11.8 Å². The number of fused-ring (bicyclic) bond motifs is 5. The Balaban J connectivity index is 1.74. The Labute approximate surface area is 120 Å². The van der Waals surface area contributed by atoms with Gasteiger partial charge in [-0.2, -0.15) is 0 Å². The predicted molar refractivity (Wildman–Crippen MR) is 71.7 cm³/mol. The van der Waals surface area contributed by atoms with E-state index < -0.39 is 5.82 Å². The Bertz CT molecular complexity index is 604. The summed E-state index contributed by atoms with van der Waals surface area (Å²) in [4.78, 5) is 26.3. The predicted octanol–water partition coefficient (Wildman–Crippen LogP) is 3.01. The lowest BCUT2D eigenvalue weighted by Crippen LogP contribution is -2.32. The summed E-state index contributed by atoms with van der Waals surface area (Å²) in [5.41, 5.74) is 0.389. The van der Waals surface area contributed by atoms with Crippen LogP contribution in [-0.4, -0.2) is 11.8 Å². The maximum Gasteiger partial charge on any atom is 0.237 e. The van der Waals surface area contributed by atoms with Gasteiger partial charge in [0.25, 0.3) is 0 Å². The number of nitrogens with zero attached hydrogens (tertiary/aromatic N) is 1. The van der Waals surface area contributed by atoms with Crippen LogP contribution in [0.4, 0.5) is 10.1 Å². The van der Waals surface area contributed by atoms with Crippen molar-refractivity contribution in [2.24, 2.45) is 23.7 Å². The fourth-order valence-corrected chi connectivity index (χ4v) is 4.46. The molecule has 4 rings (SSSR count). The van der Waals surface area contributed by atoms with E-state index in [0.717, 1.165) is 19.3 Å². The normalized spacial score (nSPS) is 35.0. The number of halogens is 2. The highest BCUT2D eigenvalue weighted by Crippen LogP contribution is 2.56. The summed E-state index contributed by atoms with van der Waals surface area (Å²) in [6.45, 7) is 0. The smallest absolute Gasteiger partial charge is 0.237 e. The largest absolute Gasteiger partial charge is 0.274 e. The molecule has 0 radical (unpaired) electrons. The van der Waals surface area contributed by atoms with Gasteiger partial charge in [-0.15, -0.1) is 0 Å². The first kappa shape index (κ1) is 12.3. The van der Waals surface area contributed by atoms with E-state index in [1.54, 1.807) is 0 Å². The Kier molecular flexibility index (Phi) is 2.49.